The van der Waals surface area contributed by atoms with E-state index in [9.17, 15) is 35.9 Å². The standard InChI is InChI=1S/C25H29N5O2S.2C2HF3O2/c1-2-20(31)11-7-4-8-12-21(24-26-16-22(29-24)18-9-5-3-6-10-18)28-23(32)15-19-17-30-13-14-33-25(30)27-19;2*3-2(4,5)1(6)7/h3,5-6,9-10,13-14,16-17,21H,2,4,7-8,11-12,15H2,1H3,(H,26,29)(H,28,32);2*(H,6,7)/t21-;;/m0../s1. The molecule has 0 aliphatic heterocycles. The van der Waals surface area contributed by atoms with Gasteiger partial charge in [-0.25, -0.2) is 19.6 Å². The van der Waals surface area contributed by atoms with Crippen molar-refractivity contribution in [3.63, 3.8) is 0 Å². The molecule has 256 valence electrons. The third-order valence-corrected chi connectivity index (χ3v) is 6.93. The number of fused-ring (bicyclic) bond motifs is 1. The third-order valence-electron chi connectivity index (χ3n) is 6.16. The smallest absolute Gasteiger partial charge is 0.475 e. The normalized spacial score (nSPS) is 11.9. The van der Waals surface area contributed by atoms with Gasteiger partial charge in [0.2, 0.25) is 5.91 Å². The molecule has 0 aliphatic rings. The number of nitrogens with one attached hydrogen (secondary N) is 2. The van der Waals surface area contributed by atoms with Gasteiger partial charge < -0.3 is 20.5 Å². The minimum atomic E-state index is -5.08. The van der Waals surface area contributed by atoms with Crippen LogP contribution < -0.4 is 5.32 Å². The molecule has 1 amide bonds. The van der Waals surface area contributed by atoms with E-state index in [2.05, 4.69) is 20.3 Å². The van der Waals surface area contributed by atoms with Crippen molar-refractivity contribution >= 4 is 39.9 Å². The second kappa shape index (κ2) is 17.8. The number of aromatic amines is 1. The van der Waals surface area contributed by atoms with Gasteiger partial charge in [-0.05, 0) is 18.4 Å². The van der Waals surface area contributed by atoms with E-state index < -0.39 is 24.3 Å². The molecule has 4 N–H and O–H groups in total. The molecule has 47 heavy (non-hydrogen) atoms. The number of hydrogen-bond donors (Lipinski definition) is 4. The predicted molar refractivity (Wildman–Crippen MR) is 157 cm³/mol. The lowest BCUT2D eigenvalue weighted by Gasteiger charge is -2.16. The van der Waals surface area contributed by atoms with Gasteiger partial charge in [0.1, 0.15) is 11.6 Å². The van der Waals surface area contributed by atoms with Crippen molar-refractivity contribution < 1.29 is 55.7 Å². The topological polar surface area (TPSA) is 167 Å². The molecule has 0 saturated heterocycles. The summed E-state index contributed by atoms with van der Waals surface area (Å²) in [6.45, 7) is 1.90. The van der Waals surface area contributed by atoms with Crippen LogP contribution in [0, 0.1) is 0 Å². The predicted octanol–water partition coefficient (Wildman–Crippen LogP) is 6.38. The number of carboxylic acids is 2. The van der Waals surface area contributed by atoms with Crippen LogP contribution in [-0.4, -0.2) is 65.5 Å². The number of hydrogen-bond acceptors (Lipinski definition) is 7. The fourth-order valence-corrected chi connectivity index (χ4v) is 4.57. The Labute approximate surface area is 267 Å². The maximum Gasteiger partial charge on any atom is 0.490 e. The molecule has 0 unspecified atom stereocenters. The second-order valence-corrected chi connectivity index (χ2v) is 10.6. The Bertz CT molecular complexity index is 1550. The maximum atomic E-state index is 12.8. The molecule has 4 aromatic rings. The number of nitrogens with zero attached hydrogens (tertiary/aromatic N) is 3. The van der Waals surface area contributed by atoms with Crippen molar-refractivity contribution in [1.82, 2.24) is 24.7 Å². The molecule has 3 aromatic heterocycles. The Balaban J connectivity index is 0.000000459. The zero-order valence-corrected chi connectivity index (χ0v) is 25.6. The number of thiazole rings is 1. The number of Topliss-reactive ketones (excluding diaryl/α,β-unsaturated/α-hetero) is 1. The number of halogens is 6. The van der Waals surface area contributed by atoms with Crippen LogP contribution in [0.5, 0.6) is 0 Å². The molecule has 4 rings (SSSR count). The number of carboxylic acid groups (broad SMARTS) is 2. The summed E-state index contributed by atoms with van der Waals surface area (Å²) in [6, 6.07) is 9.79. The Kier molecular flexibility index (Phi) is 14.6. The van der Waals surface area contributed by atoms with Gasteiger partial charge in [-0.2, -0.15) is 26.3 Å². The number of ketones is 1. The summed E-state index contributed by atoms with van der Waals surface area (Å²) in [4.78, 5) is 55.6. The first kappa shape index (κ1) is 38.4. The molecule has 0 spiro atoms. The monoisotopic (exact) mass is 691 g/mol. The van der Waals surface area contributed by atoms with Crippen LogP contribution in [0.2, 0.25) is 0 Å². The highest BCUT2D eigenvalue weighted by molar-refractivity contribution is 7.15. The van der Waals surface area contributed by atoms with Gasteiger partial charge in [-0.15, -0.1) is 11.3 Å². The lowest BCUT2D eigenvalue weighted by atomic mass is 10.0. The third kappa shape index (κ3) is 13.6. The van der Waals surface area contributed by atoms with Crippen LogP contribution in [0.25, 0.3) is 16.2 Å². The number of rotatable bonds is 12. The highest BCUT2D eigenvalue weighted by atomic mass is 32.1. The van der Waals surface area contributed by atoms with E-state index in [-0.39, 0.29) is 18.4 Å². The molecule has 18 heteroatoms. The zero-order chi connectivity index (χ0) is 35.2. The van der Waals surface area contributed by atoms with E-state index in [1.807, 2.05) is 65.6 Å². The summed E-state index contributed by atoms with van der Waals surface area (Å²) in [7, 11) is 0. The Hall–Kier alpha value is -4.74. The van der Waals surface area contributed by atoms with Crippen molar-refractivity contribution in [3.05, 3.63) is 65.8 Å². The number of carbonyl (C=O) groups excluding carboxylic acids is 2. The summed E-state index contributed by atoms with van der Waals surface area (Å²) < 4.78 is 65.4. The van der Waals surface area contributed by atoms with Crippen LogP contribution in [-0.2, 0) is 25.6 Å². The number of aromatic nitrogens is 4. The average molecular weight is 692 g/mol. The molecular weight excluding hydrogens is 660 g/mol. The number of unbranched alkanes of at least 4 members (excludes halogenated alkanes) is 2. The quantitative estimate of drug-likeness (QED) is 0.0981. The summed E-state index contributed by atoms with van der Waals surface area (Å²) >= 11 is 1.55. The van der Waals surface area contributed by atoms with E-state index in [0.29, 0.717) is 18.6 Å². The van der Waals surface area contributed by atoms with E-state index >= 15 is 0 Å². The van der Waals surface area contributed by atoms with Crippen molar-refractivity contribution in [1.29, 1.82) is 0 Å². The van der Waals surface area contributed by atoms with Crippen LogP contribution >= 0.6 is 11.3 Å². The van der Waals surface area contributed by atoms with Gasteiger partial charge in [-0.3, -0.25) is 14.0 Å². The largest absolute Gasteiger partial charge is 0.490 e. The number of aliphatic carboxylic acids is 2. The molecular formula is C29H31F6N5O6S. The van der Waals surface area contributed by atoms with Gasteiger partial charge in [0.05, 0.1) is 30.0 Å². The molecule has 0 fully saturated rings. The van der Waals surface area contributed by atoms with E-state index in [1.165, 1.54) is 0 Å². The van der Waals surface area contributed by atoms with Gasteiger partial charge in [0, 0.05) is 30.6 Å². The number of benzene rings is 1. The summed E-state index contributed by atoms with van der Waals surface area (Å²) in [5.41, 5.74) is 2.73. The Morgan fingerprint density at radius 2 is 1.60 bits per heavy atom. The van der Waals surface area contributed by atoms with E-state index in [4.69, 9.17) is 19.8 Å². The number of amides is 1. The van der Waals surface area contributed by atoms with Gasteiger partial charge in [-0.1, -0.05) is 50.1 Å². The number of alkyl halides is 6. The number of imidazole rings is 2. The van der Waals surface area contributed by atoms with Crippen LogP contribution in [0.3, 0.4) is 0 Å². The Morgan fingerprint density at radius 3 is 2.15 bits per heavy atom. The molecule has 1 aromatic carbocycles. The number of H-pyrrole nitrogens is 1. The summed E-state index contributed by atoms with van der Waals surface area (Å²) in [5, 5.41) is 19.4. The van der Waals surface area contributed by atoms with Crippen molar-refractivity contribution in [3.8, 4) is 11.3 Å². The second-order valence-electron chi connectivity index (χ2n) is 9.77. The van der Waals surface area contributed by atoms with Crippen LogP contribution in [0.1, 0.15) is 63.0 Å². The molecule has 0 saturated carbocycles. The highest BCUT2D eigenvalue weighted by Crippen LogP contribution is 2.23. The SMILES string of the molecule is CCC(=O)CCCCC[C@H](NC(=O)Cc1cn2ccsc2n1)c1ncc(-c2ccccc2)[nH]1.O=C(O)C(F)(F)F.O=C(O)C(F)(F)F. The fourth-order valence-electron chi connectivity index (χ4n) is 3.85. The molecule has 1 atom stereocenters. The molecule has 0 bridgehead atoms. The lowest BCUT2D eigenvalue weighted by molar-refractivity contribution is -0.193. The first-order valence-corrected chi connectivity index (χ1v) is 14.8. The summed E-state index contributed by atoms with van der Waals surface area (Å²) in [5.74, 6) is -4.54. The minimum Gasteiger partial charge on any atom is -0.475 e. The zero-order valence-electron chi connectivity index (χ0n) is 24.8. The van der Waals surface area contributed by atoms with Crippen molar-refractivity contribution in [2.45, 2.75) is 70.3 Å². The first-order chi connectivity index (χ1) is 22.0. The van der Waals surface area contributed by atoms with Crippen molar-refractivity contribution in [2.75, 3.05) is 0 Å². The van der Waals surface area contributed by atoms with Crippen LogP contribution in [0.15, 0.2) is 54.3 Å². The average Bonchev–Trinajstić information content (AvgIpc) is 3.74. The van der Waals surface area contributed by atoms with Gasteiger partial charge >= 0.3 is 24.3 Å². The maximum absolute atomic E-state index is 12.8. The minimum absolute atomic E-state index is 0.0791. The lowest BCUT2D eigenvalue weighted by Crippen LogP contribution is -2.30. The van der Waals surface area contributed by atoms with Crippen LogP contribution in [0.4, 0.5) is 26.3 Å². The molecule has 0 radical (unpaired) electrons. The van der Waals surface area contributed by atoms with Gasteiger partial charge in [0.15, 0.2) is 4.96 Å². The van der Waals surface area contributed by atoms with E-state index in [1.54, 1.807) is 11.3 Å². The summed E-state index contributed by atoms with van der Waals surface area (Å²) in [6.07, 6.45) is 0.418. The molecule has 3 heterocycles. The number of carbonyl (C=O) groups is 4. The Morgan fingerprint density at radius 1 is 0.979 bits per heavy atom. The van der Waals surface area contributed by atoms with Gasteiger partial charge in [0.25, 0.3) is 0 Å². The highest BCUT2D eigenvalue weighted by Gasteiger charge is 2.38. The van der Waals surface area contributed by atoms with Crippen molar-refractivity contribution in [2.24, 2.45) is 0 Å². The fraction of sp³-hybridized carbons (Fsp3) is 0.379. The van der Waals surface area contributed by atoms with E-state index in [0.717, 1.165) is 53.4 Å². The molecule has 0 aliphatic carbocycles. The molecule has 11 nitrogen and oxygen atoms in total. The first-order valence-electron chi connectivity index (χ1n) is 13.9.